The van der Waals surface area contributed by atoms with Crippen molar-refractivity contribution in [2.75, 3.05) is 11.1 Å². The average molecular weight is 413 g/mol. The zero-order valence-corrected chi connectivity index (χ0v) is 15.5. The Labute approximate surface area is 166 Å². The second kappa shape index (κ2) is 7.84. The molecule has 0 fully saturated rings. The largest absolute Gasteiger partial charge is 0.323 e. The second-order valence-corrected chi connectivity index (χ2v) is 6.88. The molecule has 2 heterocycles. The van der Waals surface area contributed by atoms with Gasteiger partial charge in [0.05, 0.1) is 17.0 Å². The molecule has 0 saturated heterocycles. The van der Waals surface area contributed by atoms with Crippen LogP contribution in [-0.4, -0.2) is 31.2 Å². The number of nitrogens with zero attached hydrogens (tertiary/aromatic N) is 3. The first-order valence-corrected chi connectivity index (χ1v) is 9.42. The minimum absolute atomic E-state index is 0.0624. The molecule has 10 heteroatoms. The van der Waals surface area contributed by atoms with E-state index >= 15 is 0 Å². The van der Waals surface area contributed by atoms with Gasteiger partial charge in [-0.25, -0.2) is 23.3 Å². The Morgan fingerprint density at radius 3 is 2.55 bits per heavy atom. The number of fused-ring (bicyclic) bond motifs is 1. The second-order valence-electron chi connectivity index (χ2n) is 5.94. The molecule has 4 rings (SSSR count). The van der Waals surface area contributed by atoms with E-state index in [1.54, 1.807) is 18.2 Å². The Kier molecular flexibility index (Phi) is 5.09. The van der Waals surface area contributed by atoms with Gasteiger partial charge in [-0.1, -0.05) is 36.0 Å². The van der Waals surface area contributed by atoms with Crippen LogP contribution in [0.25, 0.3) is 17.0 Å². The van der Waals surface area contributed by atoms with E-state index in [2.05, 4.69) is 20.4 Å². The molecule has 0 aliphatic carbocycles. The van der Waals surface area contributed by atoms with Crippen molar-refractivity contribution in [1.82, 2.24) is 19.6 Å². The van der Waals surface area contributed by atoms with Crippen LogP contribution in [0.3, 0.4) is 0 Å². The van der Waals surface area contributed by atoms with Crippen molar-refractivity contribution in [2.24, 2.45) is 0 Å². The zero-order chi connectivity index (χ0) is 20.4. The fourth-order valence-electron chi connectivity index (χ4n) is 2.62. The Morgan fingerprint density at radius 1 is 1.07 bits per heavy atom. The number of carbonyl (C=O) groups excluding carboxylic acids is 1. The first-order chi connectivity index (χ1) is 14.0. The van der Waals surface area contributed by atoms with Gasteiger partial charge in [-0.15, -0.1) is 0 Å². The molecule has 2 N–H and O–H groups in total. The van der Waals surface area contributed by atoms with Crippen LogP contribution in [0.2, 0.25) is 0 Å². The van der Waals surface area contributed by atoms with E-state index in [0.717, 1.165) is 11.8 Å². The smallest absolute Gasteiger partial charge is 0.266 e. The van der Waals surface area contributed by atoms with Crippen LogP contribution in [0.5, 0.6) is 0 Å². The van der Waals surface area contributed by atoms with Crippen molar-refractivity contribution >= 4 is 29.0 Å². The molecule has 2 aromatic carbocycles. The van der Waals surface area contributed by atoms with E-state index in [-0.39, 0.29) is 33.6 Å². The highest BCUT2D eigenvalue weighted by molar-refractivity contribution is 7.99. The summed E-state index contributed by atoms with van der Waals surface area (Å²) in [5.41, 5.74) is 0.0524. The van der Waals surface area contributed by atoms with Crippen LogP contribution in [-0.2, 0) is 4.79 Å². The van der Waals surface area contributed by atoms with Crippen molar-refractivity contribution in [3.8, 4) is 11.4 Å². The predicted molar refractivity (Wildman–Crippen MR) is 105 cm³/mol. The summed E-state index contributed by atoms with van der Waals surface area (Å²) in [6, 6.07) is 13.0. The first kappa shape index (κ1) is 18.8. The summed E-state index contributed by atoms with van der Waals surface area (Å²) in [5.74, 6) is -1.56. The van der Waals surface area contributed by atoms with E-state index in [1.807, 2.05) is 0 Å². The molecule has 4 aromatic rings. The Morgan fingerprint density at radius 2 is 1.79 bits per heavy atom. The third-order valence-corrected chi connectivity index (χ3v) is 4.86. The number of H-pyrrole nitrogens is 1. The molecular formula is C19H13F2N5O2S. The molecule has 0 unspecified atom stereocenters. The summed E-state index contributed by atoms with van der Waals surface area (Å²) in [5, 5.41) is 5.24. The lowest BCUT2D eigenvalue weighted by Crippen LogP contribution is -2.16. The fraction of sp³-hybridized carbons (Fsp3) is 0.0526. The molecule has 0 spiro atoms. The van der Waals surface area contributed by atoms with Gasteiger partial charge in [-0.05, 0) is 24.3 Å². The number of thioether (sulfide) groups is 1. The Bertz CT molecular complexity index is 1270. The number of carbonyl (C=O) groups is 1. The van der Waals surface area contributed by atoms with Crippen LogP contribution in [0.4, 0.5) is 14.5 Å². The number of hydrogen-bond acceptors (Lipinski definition) is 5. The molecule has 0 saturated carbocycles. The number of aromatic nitrogens is 4. The van der Waals surface area contributed by atoms with Crippen molar-refractivity contribution in [3.05, 3.63) is 76.6 Å². The highest BCUT2D eigenvalue weighted by Gasteiger charge is 2.15. The minimum atomic E-state index is -0.549. The van der Waals surface area contributed by atoms with E-state index in [1.165, 1.54) is 40.9 Å². The van der Waals surface area contributed by atoms with Crippen molar-refractivity contribution in [3.63, 3.8) is 0 Å². The van der Waals surface area contributed by atoms with Gasteiger partial charge < -0.3 is 5.32 Å². The van der Waals surface area contributed by atoms with Gasteiger partial charge in [0, 0.05) is 6.07 Å². The van der Waals surface area contributed by atoms with Gasteiger partial charge in [-0.3, -0.25) is 14.7 Å². The summed E-state index contributed by atoms with van der Waals surface area (Å²) in [4.78, 5) is 32.4. The first-order valence-electron chi connectivity index (χ1n) is 8.43. The molecule has 29 heavy (non-hydrogen) atoms. The predicted octanol–water partition coefficient (Wildman–Crippen LogP) is 3.09. The number of nitrogens with one attached hydrogen (secondary N) is 2. The summed E-state index contributed by atoms with van der Waals surface area (Å²) in [6.07, 6.45) is 0. The lowest BCUT2D eigenvalue weighted by molar-refractivity contribution is -0.113. The fourth-order valence-corrected chi connectivity index (χ4v) is 3.37. The maximum Gasteiger partial charge on any atom is 0.266 e. The summed E-state index contributed by atoms with van der Waals surface area (Å²) < 4.78 is 29.1. The Hall–Kier alpha value is -3.53. The molecule has 7 nitrogen and oxygen atoms in total. The van der Waals surface area contributed by atoms with Gasteiger partial charge in [0.25, 0.3) is 5.56 Å². The number of amides is 1. The van der Waals surface area contributed by atoms with Crippen molar-refractivity contribution in [1.29, 1.82) is 0 Å². The van der Waals surface area contributed by atoms with Gasteiger partial charge in [0.15, 0.2) is 16.6 Å². The van der Waals surface area contributed by atoms with E-state index in [9.17, 15) is 18.4 Å². The molecule has 1 amide bonds. The monoisotopic (exact) mass is 413 g/mol. The summed E-state index contributed by atoms with van der Waals surface area (Å²) >= 11 is 0.996. The SMILES string of the molecule is O=C(CSc1nc(-c2ccccc2F)nc2cc(=O)[nH]n12)Nc1ccccc1F. The lowest BCUT2D eigenvalue weighted by atomic mass is 10.2. The zero-order valence-electron chi connectivity index (χ0n) is 14.7. The van der Waals surface area contributed by atoms with Crippen LogP contribution in [0, 0.1) is 11.6 Å². The highest BCUT2D eigenvalue weighted by atomic mass is 32.2. The number of aromatic amines is 1. The molecule has 0 atom stereocenters. The molecule has 146 valence electrons. The minimum Gasteiger partial charge on any atom is -0.323 e. The number of hydrogen-bond donors (Lipinski definition) is 2. The quantitative estimate of drug-likeness (QED) is 0.491. The topological polar surface area (TPSA) is 92.2 Å². The summed E-state index contributed by atoms with van der Waals surface area (Å²) in [6.45, 7) is 0. The molecule has 0 aliphatic rings. The van der Waals surface area contributed by atoms with E-state index in [0.29, 0.717) is 0 Å². The van der Waals surface area contributed by atoms with Gasteiger partial charge in [-0.2, -0.15) is 0 Å². The molecule has 0 bridgehead atoms. The molecular weight excluding hydrogens is 400 g/mol. The number of benzene rings is 2. The maximum absolute atomic E-state index is 14.1. The van der Waals surface area contributed by atoms with E-state index in [4.69, 9.17) is 0 Å². The van der Waals surface area contributed by atoms with Gasteiger partial charge >= 0.3 is 0 Å². The molecule has 0 radical (unpaired) electrons. The standard InChI is InChI=1S/C19H13F2N5O2S/c20-12-6-2-1-5-11(12)18-23-15-9-16(27)25-26(15)19(24-18)29-10-17(28)22-14-8-4-3-7-13(14)21/h1-9H,10H2,(H,22,28)(H,25,27). The molecule has 0 aliphatic heterocycles. The lowest BCUT2D eigenvalue weighted by Gasteiger charge is -2.09. The number of anilines is 1. The Balaban J connectivity index is 1.62. The normalized spacial score (nSPS) is 11.0. The number of halogens is 2. The van der Waals surface area contributed by atoms with Crippen LogP contribution < -0.4 is 10.9 Å². The summed E-state index contributed by atoms with van der Waals surface area (Å²) in [7, 11) is 0. The van der Waals surface area contributed by atoms with Gasteiger partial charge in [0.2, 0.25) is 5.91 Å². The molecule has 2 aromatic heterocycles. The van der Waals surface area contributed by atoms with Crippen LogP contribution in [0.15, 0.2) is 64.5 Å². The third kappa shape index (κ3) is 4.02. The highest BCUT2D eigenvalue weighted by Crippen LogP contribution is 2.23. The van der Waals surface area contributed by atoms with Gasteiger partial charge in [0.1, 0.15) is 11.6 Å². The number of para-hydroxylation sites is 1. The van der Waals surface area contributed by atoms with Crippen LogP contribution >= 0.6 is 11.8 Å². The van der Waals surface area contributed by atoms with Crippen molar-refractivity contribution < 1.29 is 13.6 Å². The van der Waals surface area contributed by atoms with E-state index < -0.39 is 23.1 Å². The average Bonchev–Trinajstić information content (AvgIpc) is 3.08. The third-order valence-electron chi connectivity index (χ3n) is 3.92. The van der Waals surface area contributed by atoms with Crippen LogP contribution in [0.1, 0.15) is 0 Å². The maximum atomic E-state index is 14.1. The number of rotatable bonds is 5. The van der Waals surface area contributed by atoms with Crippen molar-refractivity contribution in [2.45, 2.75) is 5.16 Å².